The molecule has 0 aliphatic carbocycles. The molecule has 55 heavy (non-hydrogen) atoms. The summed E-state index contributed by atoms with van der Waals surface area (Å²) in [6.45, 7) is 17.3. The van der Waals surface area contributed by atoms with Crippen LogP contribution in [0.5, 0.6) is 0 Å². The van der Waals surface area contributed by atoms with Gasteiger partial charge in [-0.2, -0.15) is 0 Å². The van der Waals surface area contributed by atoms with E-state index in [9.17, 15) is 29.1 Å². The van der Waals surface area contributed by atoms with Gasteiger partial charge in [0.05, 0.1) is 42.7 Å². The van der Waals surface area contributed by atoms with Crippen LogP contribution in [-0.2, 0) is 39.9 Å². The van der Waals surface area contributed by atoms with E-state index in [0.717, 1.165) is 31.4 Å². The first kappa shape index (κ1) is 48.0. The molecule has 1 saturated heterocycles. The van der Waals surface area contributed by atoms with Gasteiger partial charge >= 0.3 is 5.97 Å². The van der Waals surface area contributed by atoms with Crippen LogP contribution >= 0.6 is 0 Å². The fourth-order valence-corrected chi connectivity index (χ4v) is 8.74. The van der Waals surface area contributed by atoms with E-state index in [1.54, 1.807) is 30.9 Å². The molecule has 2 amide bonds. The standard InChI is InChI=1S/C44H73N3O8/c1-13-22-45(9)40(29(5)6)37(49)26-34(28(3)4)43(51)46(10)41(30(7)14-2)38(54-11)27-39(50)47-23-18-21-35(47)42(55-12)31(8)36(48)25-33(44(52)53)24-32-19-16-15-17-20-32/h15-17,19-20,28-31,33-35,38,40-42H,13-14,18,21-27H2,1-12H3,(H,52,53)/t30-,31-,33+,34-,35-,38+,40-,41-,42+/m0/s1. The maximum absolute atomic E-state index is 14.4. The van der Waals surface area contributed by atoms with Gasteiger partial charge in [0.15, 0.2) is 5.78 Å². The third kappa shape index (κ3) is 13.2. The van der Waals surface area contributed by atoms with Gasteiger partial charge in [-0.15, -0.1) is 0 Å². The van der Waals surface area contributed by atoms with Gasteiger partial charge in [-0.25, -0.2) is 0 Å². The van der Waals surface area contributed by atoms with Crippen molar-refractivity contribution < 1.29 is 38.6 Å². The SMILES string of the molecule is CCCN(C)[C@H](C(=O)C[C@H](C(=O)N(C)[C@@H]([C@@H](C)CC)[C@@H](CC(=O)N1CCC[C@H]1[C@H](OC)[C@@H](C)C(=O)C[C@@H](Cc1ccccc1)C(=O)O)OC)C(C)C)C(C)C. The number of ether oxygens (including phenoxy) is 2. The van der Waals surface area contributed by atoms with E-state index < -0.39 is 42.0 Å². The molecule has 1 aromatic carbocycles. The first-order valence-electron chi connectivity index (χ1n) is 20.6. The van der Waals surface area contributed by atoms with Gasteiger partial charge in [-0.1, -0.05) is 92.1 Å². The number of aliphatic carboxylic acids is 1. The Hall–Kier alpha value is -3.15. The monoisotopic (exact) mass is 772 g/mol. The lowest BCUT2D eigenvalue weighted by Crippen LogP contribution is -2.54. The van der Waals surface area contributed by atoms with Crippen molar-refractivity contribution in [2.45, 2.75) is 137 Å². The zero-order valence-electron chi connectivity index (χ0n) is 36.0. The largest absolute Gasteiger partial charge is 0.481 e. The molecule has 1 N–H and O–H groups in total. The minimum absolute atomic E-state index is 0.00822. The number of likely N-dealkylation sites (tertiary alicyclic amines) is 1. The van der Waals surface area contributed by atoms with Gasteiger partial charge in [0, 0.05) is 52.5 Å². The number of likely N-dealkylation sites (N-methyl/N-ethyl adjacent to an activating group) is 2. The first-order valence-corrected chi connectivity index (χ1v) is 20.6. The second-order valence-corrected chi connectivity index (χ2v) is 16.7. The highest BCUT2D eigenvalue weighted by Gasteiger charge is 2.43. The van der Waals surface area contributed by atoms with Crippen LogP contribution in [-0.4, -0.2) is 121 Å². The minimum Gasteiger partial charge on any atom is -0.481 e. The number of carboxylic acid groups (broad SMARTS) is 1. The molecule has 1 fully saturated rings. The quantitative estimate of drug-likeness (QED) is 0.120. The Morgan fingerprint density at radius 2 is 1.51 bits per heavy atom. The molecule has 0 radical (unpaired) electrons. The van der Waals surface area contributed by atoms with Crippen LogP contribution in [0.4, 0.5) is 0 Å². The van der Waals surface area contributed by atoms with E-state index >= 15 is 0 Å². The van der Waals surface area contributed by atoms with E-state index in [4.69, 9.17) is 9.47 Å². The summed E-state index contributed by atoms with van der Waals surface area (Å²) in [7, 11) is 6.85. The number of methoxy groups -OCH3 is 2. The fraction of sp³-hybridized carbons (Fsp3) is 0.750. The number of benzene rings is 1. The number of ketones is 2. The van der Waals surface area contributed by atoms with Crippen molar-refractivity contribution in [1.29, 1.82) is 0 Å². The third-order valence-electron chi connectivity index (χ3n) is 12.0. The molecule has 1 aliphatic rings. The Bertz CT molecular complexity index is 1370. The van der Waals surface area contributed by atoms with E-state index in [2.05, 4.69) is 25.7 Å². The van der Waals surface area contributed by atoms with Gasteiger partial charge in [-0.05, 0) is 62.6 Å². The van der Waals surface area contributed by atoms with Crippen molar-refractivity contribution in [3.63, 3.8) is 0 Å². The van der Waals surface area contributed by atoms with Crippen LogP contribution in [0.2, 0.25) is 0 Å². The van der Waals surface area contributed by atoms with E-state index in [-0.39, 0.29) is 78.9 Å². The minimum atomic E-state index is -1.02. The summed E-state index contributed by atoms with van der Waals surface area (Å²) in [5, 5.41) is 9.96. The second-order valence-electron chi connectivity index (χ2n) is 16.7. The highest BCUT2D eigenvalue weighted by molar-refractivity contribution is 5.90. The van der Waals surface area contributed by atoms with Crippen LogP contribution < -0.4 is 0 Å². The number of Topliss-reactive ketones (excluding diaryl/α,β-unsaturated/α-hetero) is 2. The molecule has 1 aromatic rings. The van der Waals surface area contributed by atoms with E-state index in [1.165, 1.54) is 7.11 Å². The summed E-state index contributed by atoms with van der Waals surface area (Å²) in [5.41, 5.74) is 0.852. The molecule has 9 atom stereocenters. The molecule has 0 aromatic heterocycles. The summed E-state index contributed by atoms with van der Waals surface area (Å²) in [5.74, 6) is -3.44. The molecular weight excluding hydrogens is 698 g/mol. The molecule has 312 valence electrons. The Balaban J connectivity index is 2.28. The molecule has 1 aliphatic heterocycles. The summed E-state index contributed by atoms with van der Waals surface area (Å²) in [6.07, 6.45) is 2.12. The first-order chi connectivity index (χ1) is 25.9. The van der Waals surface area contributed by atoms with E-state index in [0.29, 0.717) is 13.0 Å². The summed E-state index contributed by atoms with van der Waals surface area (Å²) >= 11 is 0. The predicted octanol–water partition coefficient (Wildman–Crippen LogP) is 6.41. The Labute approximate surface area is 331 Å². The van der Waals surface area contributed by atoms with Crippen LogP contribution in [0, 0.1) is 35.5 Å². The normalized spacial score (nSPS) is 19.1. The number of carbonyl (C=O) groups is 5. The molecular formula is C44H73N3O8. The number of nitrogens with zero attached hydrogens (tertiary/aromatic N) is 3. The molecule has 0 spiro atoms. The summed E-state index contributed by atoms with van der Waals surface area (Å²) in [6, 6.07) is 8.21. The van der Waals surface area contributed by atoms with Gasteiger partial charge in [-0.3, -0.25) is 28.9 Å². The number of hydrogen-bond donors (Lipinski definition) is 1. The lowest BCUT2D eigenvalue weighted by Gasteiger charge is -2.41. The van der Waals surface area contributed by atoms with Crippen molar-refractivity contribution in [3.8, 4) is 0 Å². The molecule has 0 saturated carbocycles. The van der Waals surface area contributed by atoms with Gasteiger partial charge in [0.25, 0.3) is 0 Å². The molecule has 0 bridgehead atoms. The lowest BCUT2D eigenvalue weighted by atomic mass is 9.83. The molecule has 1 heterocycles. The van der Waals surface area contributed by atoms with Crippen molar-refractivity contribution in [1.82, 2.24) is 14.7 Å². The number of rotatable bonds is 25. The third-order valence-corrected chi connectivity index (χ3v) is 12.0. The zero-order chi connectivity index (χ0) is 41.6. The molecule has 11 nitrogen and oxygen atoms in total. The summed E-state index contributed by atoms with van der Waals surface area (Å²) < 4.78 is 12.0. The van der Waals surface area contributed by atoms with Crippen LogP contribution in [0.15, 0.2) is 30.3 Å². The van der Waals surface area contributed by atoms with Crippen molar-refractivity contribution in [3.05, 3.63) is 35.9 Å². The van der Waals surface area contributed by atoms with Gasteiger partial charge in [0.1, 0.15) is 5.78 Å². The summed E-state index contributed by atoms with van der Waals surface area (Å²) in [4.78, 5) is 73.8. The molecule has 0 unspecified atom stereocenters. The Morgan fingerprint density at radius 1 is 0.873 bits per heavy atom. The maximum atomic E-state index is 14.4. The average molecular weight is 772 g/mol. The van der Waals surface area contributed by atoms with Crippen molar-refractivity contribution >= 4 is 29.4 Å². The average Bonchev–Trinajstić information content (AvgIpc) is 3.63. The van der Waals surface area contributed by atoms with Crippen LogP contribution in [0.1, 0.15) is 106 Å². The zero-order valence-corrected chi connectivity index (χ0v) is 36.0. The van der Waals surface area contributed by atoms with E-state index in [1.807, 2.05) is 65.1 Å². The number of carboxylic acids is 1. The van der Waals surface area contributed by atoms with Gasteiger partial charge in [0.2, 0.25) is 11.8 Å². The highest BCUT2D eigenvalue weighted by atomic mass is 16.5. The predicted molar refractivity (Wildman–Crippen MR) is 217 cm³/mol. The van der Waals surface area contributed by atoms with Crippen LogP contribution in [0.3, 0.4) is 0 Å². The van der Waals surface area contributed by atoms with Gasteiger partial charge < -0.3 is 24.4 Å². The maximum Gasteiger partial charge on any atom is 0.307 e. The van der Waals surface area contributed by atoms with Crippen molar-refractivity contribution in [2.75, 3.05) is 41.4 Å². The fourth-order valence-electron chi connectivity index (χ4n) is 8.74. The highest BCUT2D eigenvalue weighted by Crippen LogP contribution is 2.32. The Kier molecular flexibility index (Phi) is 20.2. The topological polar surface area (TPSA) is 134 Å². The number of amides is 2. The lowest BCUT2D eigenvalue weighted by molar-refractivity contribution is -0.149. The van der Waals surface area contributed by atoms with Crippen molar-refractivity contribution in [2.24, 2.45) is 35.5 Å². The molecule has 11 heteroatoms. The number of carbonyl (C=O) groups excluding carboxylic acids is 4. The van der Waals surface area contributed by atoms with Crippen LogP contribution in [0.25, 0.3) is 0 Å². The second kappa shape index (κ2) is 23.2. The number of hydrogen-bond acceptors (Lipinski definition) is 8. The smallest absolute Gasteiger partial charge is 0.307 e. The molecule has 2 rings (SSSR count). The Morgan fingerprint density at radius 3 is 2.02 bits per heavy atom.